The van der Waals surface area contributed by atoms with Gasteiger partial charge in [-0.3, -0.25) is 4.79 Å². The highest BCUT2D eigenvalue weighted by Crippen LogP contribution is 2.31. The monoisotopic (exact) mass is 353 g/mol. The van der Waals surface area contributed by atoms with Crippen LogP contribution in [-0.4, -0.2) is 37.0 Å². The normalized spacial score (nSPS) is 17.7. The molecule has 0 saturated heterocycles. The van der Waals surface area contributed by atoms with E-state index in [1.54, 1.807) is 12.1 Å². The number of likely N-dealkylation sites (N-methyl/N-ethyl adjacent to an activating group) is 1. The van der Waals surface area contributed by atoms with Gasteiger partial charge >= 0.3 is 0 Å². The van der Waals surface area contributed by atoms with Gasteiger partial charge in [-0.2, -0.15) is 0 Å². The van der Waals surface area contributed by atoms with Crippen molar-refractivity contribution < 1.29 is 4.79 Å². The van der Waals surface area contributed by atoms with E-state index in [4.69, 9.17) is 5.73 Å². The van der Waals surface area contributed by atoms with Crippen LogP contribution in [0.3, 0.4) is 0 Å². The SMILES string of the molecule is CN(C)C1(CNC(=O)c2ccc(Br)c(N)c2)CCCCC1. The molecule has 1 aliphatic carbocycles. The first-order chi connectivity index (χ1) is 9.94. The van der Waals surface area contributed by atoms with Gasteiger partial charge in [0.15, 0.2) is 0 Å². The zero-order valence-corrected chi connectivity index (χ0v) is 14.4. The van der Waals surface area contributed by atoms with E-state index in [1.807, 2.05) is 6.07 Å². The smallest absolute Gasteiger partial charge is 0.251 e. The maximum Gasteiger partial charge on any atom is 0.251 e. The summed E-state index contributed by atoms with van der Waals surface area (Å²) < 4.78 is 0.816. The number of carbonyl (C=O) groups is 1. The van der Waals surface area contributed by atoms with Gasteiger partial charge in [0.2, 0.25) is 0 Å². The quantitative estimate of drug-likeness (QED) is 0.818. The molecule has 4 nitrogen and oxygen atoms in total. The minimum Gasteiger partial charge on any atom is -0.398 e. The molecule has 0 bridgehead atoms. The third-order valence-electron chi connectivity index (χ3n) is 4.57. The number of nitrogen functional groups attached to an aromatic ring is 1. The number of nitrogens with one attached hydrogen (secondary N) is 1. The Labute approximate surface area is 135 Å². The van der Waals surface area contributed by atoms with Crippen molar-refractivity contribution >= 4 is 27.5 Å². The summed E-state index contributed by atoms with van der Waals surface area (Å²) in [5, 5.41) is 3.09. The Morgan fingerprint density at radius 2 is 2.00 bits per heavy atom. The molecule has 0 aliphatic heterocycles. The summed E-state index contributed by atoms with van der Waals surface area (Å²) in [6, 6.07) is 5.31. The molecular weight excluding hydrogens is 330 g/mol. The summed E-state index contributed by atoms with van der Waals surface area (Å²) in [5.74, 6) is -0.0546. The van der Waals surface area contributed by atoms with Crippen molar-refractivity contribution in [3.8, 4) is 0 Å². The number of nitrogens with zero attached hydrogens (tertiary/aromatic N) is 1. The van der Waals surface area contributed by atoms with E-state index in [9.17, 15) is 4.79 Å². The highest BCUT2D eigenvalue weighted by molar-refractivity contribution is 9.10. The van der Waals surface area contributed by atoms with Crippen molar-refractivity contribution in [2.45, 2.75) is 37.6 Å². The predicted octanol–water partition coefficient (Wildman–Crippen LogP) is 3.03. The molecule has 5 heteroatoms. The van der Waals surface area contributed by atoms with E-state index in [2.05, 4.69) is 40.2 Å². The van der Waals surface area contributed by atoms with Gasteiger partial charge in [-0.05, 0) is 61.1 Å². The van der Waals surface area contributed by atoms with E-state index in [0.717, 1.165) is 17.3 Å². The molecule has 0 aromatic heterocycles. The van der Waals surface area contributed by atoms with E-state index in [0.29, 0.717) is 17.8 Å². The average molecular weight is 354 g/mol. The van der Waals surface area contributed by atoms with Crippen LogP contribution in [0.4, 0.5) is 5.69 Å². The van der Waals surface area contributed by atoms with Crippen LogP contribution in [0.1, 0.15) is 42.5 Å². The minimum atomic E-state index is -0.0546. The molecule has 1 amide bonds. The second-order valence-electron chi connectivity index (χ2n) is 6.10. The molecule has 116 valence electrons. The third-order valence-corrected chi connectivity index (χ3v) is 5.29. The fourth-order valence-corrected chi connectivity index (χ4v) is 3.27. The van der Waals surface area contributed by atoms with Crippen LogP contribution in [0.25, 0.3) is 0 Å². The first-order valence-electron chi connectivity index (χ1n) is 7.45. The lowest BCUT2D eigenvalue weighted by molar-refractivity contribution is 0.0799. The summed E-state index contributed by atoms with van der Waals surface area (Å²) in [7, 11) is 4.21. The summed E-state index contributed by atoms with van der Waals surface area (Å²) in [6.07, 6.45) is 6.05. The average Bonchev–Trinajstić information content (AvgIpc) is 2.48. The number of rotatable bonds is 4. The van der Waals surface area contributed by atoms with E-state index in [1.165, 1.54) is 19.3 Å². The Morgan fingerprint density at radius 3 is 2.57 bits per heavy atom. The Kier molecular flexibility index (Phi) is 5.27. The fraction of sp³-hybridized carbons (Fsp3) is 0.562. The number of benzene rings is 1. The molecule has 0 unspecified atom stereocenters. The topological polar surface area (TPSA) is 58.4 Å². The lowest BCUT2D eigenvalue weighted by Crippen LogP contribution is -2.53. The molecule has 1 aliphatic rings. The number of carbonyl (C=O) groups excluding carboxylic acids is 1. The van der Waals surface area contributed by atoms with E-state index >= 15 is 0 Å². The number of amides is 1. The van der Waals surface area contributed by atoms with Crippen LogP contribution < -0.4 is 11.1 Å². The maximum atomic E-state index is 12.3. The van der Waals surface area contributed by atoms with Gasteiger partial charge in [0.05, 0.1) is 0 Å². The molecule has 0 heterocycles. The molecule has 21 heavy (non-hydrogen) atoms. The maximum absolute atomic E-state index is 12.3. The van der Waals surface area contributed by atoms with Gasteiger partial charge in [-0.25, -0.2) is 0 Å². The molecule has 0 atom stereocenters. The van der Waals surface area contributed by atoms with Gasteiger partial charge in [-0.15, -0.1) is 0 Å². The molecule has 1 saturated carbocycles. The number of nitrogens with two attached hydrogens (primary N) is 1. The number of halogens is 1. The second-order valence-corrected chi connectivity index (χ2v) is 6.95. The summed E-state index contributed by atoms with van der Waals surface area (Å²) in [6.45, 7) is 0.689. The van der Waals surface area contributed by atoms with Crippen molar-refractivity contribution in [1.82, 2.24) is 10.2 Å². The Morgan fingerprint density at radius 1 is 1.33 bits per heavy atom. The number of hydrogen-bond donors (Lipinski definition) is 2. The van der Waals surface area contributed by atoms with Crippen molar-refractivity contribution in [2.24, 2.45) is 0 Å². The Balaban J connectivity index is 2.03. The van der Waals surface area contributed by atoms with E-state index in [-0.39, 0.29) is 11.4 Å². The first kappa shape index (κ1) is 16.3. The lowest BCUT2D eigenvalue weighted by Gasteiger charge is -2.43. The van der Waals surface area contributed by atoms with Crippen molar-refractivity contribution in [1.29, 1.82) is 0 Å². The number of hydrogen-bond acceptors (Lipinski definition) is 3. The van der Waals surface area contributed by atoms with Crippen LogP contribution in [0.2, 0.25) is 0 Å². The predicted molar refractivity (Wildman–Crippen MR) is 90.4 cm³/mol. The highest BCUT2D eigenvalue weighted by Gasteiger charge is 2.34. The van der Waals surface area contributed by atoms with Gasteiger partial charge in [0.1, 0.15) is 0 Å². The van der Waals surface area contributed by atoms with Crippen LogP contribution in [0.5, 0.6) is 0 Å². The van der Waals surface area contributed by atoms with Crippen LogP contribution in [-0.2, 0) is 0 Å². The first-order valence-corrected chi connectivity index (χ1v) is 8.25. The van der Waals surface area contributed by atoms with Crippen LogP contribution in [0.15, 0.2) is 22.7 Å². The Hall–Kier alpha value is -1.07. The van der Waals surface area contributed by atoms with Crippen molar-refractivity contribution in [2.75, 3.05) is 26.4 Å². The standard InChI is InChI=1S/C16H24BrN3O/c1-20(2)16(8-4-3-5-9-16)11-19-15(21)12-6-7-13(17)14(18)10-12/h6-7,10H,3-5,8-9,11,18H2,1-2H3,(H,19,21). The largest absolute Gasteiger partial charge is 0.398 e. The molecule has 2 rings (SSSR count). The molecule has 1 aromatic rings. The summed E-state index contributed by atoms with van der Waals surface area (Å²) in [4.78, 5) is 14.6. The molecule has 0 radical (unpaired) electrons. The lowest BCUT2D eigenvalue weighted by atomic mass is 9.80. The van der Waals surface area contributed by atoms with Gasteiger partial charge in [0, 0.05) is 27.8 Å². The molecule has 1 fully saturated rings. The van der Waals surface area contributed by atoms with Gasteiger partial charge in [0.25, 0.3) is 5.91 Å². The van der Waals surface area contributed by atoms with Gasteiger partial charge in [-0.1, -0.05) is 19.3 Å². The number of anilines is 1. The molecular formula is C16H24BrN3O. The van der Waals surface area contributed by atoms with Gasteiger partial charge < -0.3 is 16.0 Å². The highest BCUT2D eigenvalue weighted by atomic mass is 79.9. The zero-order chi connectivity index (χ0) is 15.5. The second kappa shape index (κ2) is 6.79. The van der Waals surface area contributed by atoms with Crippen LogP contribution in [0, 0.1) is 0 Å². The zero-order valence-electron chi connectivity index (χ0n) is 12.8. The Bertz CT molecular complexity index is 510. The molecule has 3 N–H and O–H groups in total. The fourth-order valence-electron chi connectivity index (χ4n) is 3.02. The summed E-state index contributed by atoms with van der Waals surface area (Å²) in [5.41, 5.74) is 7.13. The van der Waals surface area contributed by atoms with E-state index < -0.39 is 0 Å². The molecule has 0 spiro atoms. The van der Waals surface area contributed by atoms with Crippen molar-refractivity contribution in [3.63, 3.8) is 0 Å². The molecule has 1 aromatic carbocycles. The summed E-state index contributed by atoms with van der Waals surface area (Å²) >= 11 is 3.34. The van der Waals surface area contributed by atoms with Crippen molar-refractivity contribution in [3.05, 3.63) is 28.2 Å². The minimum absolute atomic E-state index is 0.0546. The van der Waals surface area contributed by atoms with Crippen LogP contribution >= 0.6 is 15.9 Å². The third kappa shape index (κ3) is 3.77.